The average Bonchev–Trinajstić information content (AvgIpc) is 3.23. The van der Waals surface area contributed by atoms with Gasteiger partial charge in [0.25, 0.3) is 0 Å². The Morgan fingerprint density at radius 3 is 3.09 bits per heavy atom. The summed E-state index contributed by atoms with van der Waals surface area (Å²) in [6.07, 6.45) is 5.62. The SMILES string of the molecule is Cc1cccc2c1OCC[C@H]2NC(=O)[C@@H]1C[C@H]1c1cnn(C)c1. The van der Waals surface area contributed by atoms with E-state index in [1.807, 2.05) is 38.5 Å². The van der Waals surface area contributed by atoms with Crippen molar-refractivity contribution in [2.45, 2.75) is 31.7 Å². The van der Waals surface area contributed by atoms with Crippen molar-refractivity contribution in [3.63, 3.8) is 0 Å². The lowest BCUT2D eigenvalue weighted by Crippen LogP contribution is -2.33. The van der Waals surface area contributed by atoms with E-state index in [9.17, 15) is 4.79 Å². The van der Waals surface area contributed by atoms with Gasteiger partial charge in [-0.05, 0) is 30.4 Å². The molecule has 1 amide bonds. The van der Waals surface area contributed by atoms with E-state index in [0.29, 0.717) is 12.5 Å². The van der Waals surface area contributed by atoms with Crippen LogP contribution in [0.2, 0.25) is 0 Å². The predicted octanol–water partition coefficient (Wildman–Crippen LogP) is 2.47. The first kappa shape index (κ1) is 14.3. The average molecular weight is 311 g/mol. The molecule has 23 heavy (non-hydrogen) atoms. The van der Waals surface area contributed by atoms with E-state index in [-0.39, 0.29) is 17.9 Å². The predicted molar refractivity (Wildman–Crippen MR) is 86.2 cm³/mol. The van der Waals surface area contributed by atoms with Crippen molar-refractivity contribution in [2.75, 3.05) is 6.61 Å². The number of ether oxygens (including phenoxy) is 1. The molecule has 1 aromatic carbocycles. The first-order chi connectivity index (χ1) is 11.1. The number of rotatable bonds is 3. The number of nitrogens with one attached hydrogen (secondary N) is 1. The number of hydrogen-bond donors (Lipinski definition) is 1. The Balaban J connectivity index is 1.46. The van der Waals surface area contributed by atoms with Gasteiger partial charge in [0, 0.05) is 31.1 Å². The van der Waals surface area contributed by atoms with Crippen molar-refractivity contribution >= 4 is 5.91 Å². The molecule has 1 N–H and O–H groups in total. The largest absolute Gasteiger partial charge is 0.493 e. The molecule has 2 aromatic rings. The summed E-state index contributed by atoms with van der Waals surface area (Å²) in [5.74, 6) is 1.48. The summed E-state index contributed by atoms with van der Waals surface area (Å²) in [5, 5.41) is 7.42. The van der Waals surface area contributed by atoms with Gasteiger partial charge in [-0.25, -0.2) is 0 Å². The summed E-state index contributed by atoms with van der Waals surface area (Å²) < 4.78 is 7.56. The normalized spacial score (nSPS) is 25.4. The van der Waals surface area contributed by atoms with Crippen LogP contribution in [0.15, 0.2) is 30.6 Å². The molecular weight excluding hydrogens is 290 g/mol. The van der Waals surface area contributed by atoms with Crippen molar-refractivity contribution in [3.05, 3.63) is 47.3 Å². The molecule has 0 spiro atoms. The Labute approximate surface area is 135 Å². The first-order valence-electron chi connectivity index (χ1n) is 8.14. The van der Waals surface area contributed by atoms with Crippen LogP contribution < -0.4 is 10.1 Å². The minimum atomic E-state index is 0.0568. The highest BCUT2D eigenvalue weighted by Gasteiger charge is 2.45. The lowest BCUT2D eigenvalue weighted by atomic mass is 9.97. The van der Waals surface area contributed by atoms with Gasteiger partial charge in [-0.15, -0.1) is 0 Å². The smallest absolute Gasteiger partial charge is 0.224 e. The van der Waals surface area contributed by atoms with Crippen molar-refractivity contribution < 1.29 is 9.53 Å². The Morgan fingerprint density at radius 2 is 2.30 bits per heavy atom. The topological polar surface area (TPSA) is 56.1 Å². The monoisotopic (exact) mass is 311 g/mol. The van der Waals surface area contributed by atoms with E-state index < -0.39 is 0 Å². The third-order valence-corrected chi connectivity index (χ3v) is 4.87. The van der Waals surface area contributed by atoms with Crippen LogP contribution in [0.4, 0.5) is 0 Å². The standard InChI is InChI=1S/C18H21N3O2/c1-11-4-3-5-13-16(6-7-23-17(11)13)20-18(22)15-8-14(15)12-9-19-21(2)10-12/h3-5,9-10,14-16H,6-8H2,1-2H3,(H,20,22)/t14-,15+,16+/m0/s1. The van der Waals surface area contributed by atoms with E-state index in [2.05, 4.69) is 16.5 Å². The highest BCUT2D eigenvalue weighted by molar-refractivity contribution is 5.83. The van der Waals surface area contributed by atoms with Gasteiger partial charge in [0.05, 0.1) is 18.8 Å². The molecule has 1 aliphatic heterocycles. The van der Waals surface area contributed by atoms with Gasteiger partial charge >= 0.3 is 0 Å². The van der Waals surface area contributed by atoms with Gasteiger partial charge in [-0.3, -0.25) is 9.48 Å². The van der Waals surface area contributed by atoms with Gasteiger partial charge in [0.2, 0.25) is 5.91 Å². The summed E-state index contributed by atoms with van der Waals surface area (Å²) >= 11 is 0. The van der Waals surface area contributed by atoms with Crippen LogP contribution in [0.5, 0.6) is 5.75 Å². The molecule has 3 atom stereocenters. The molecule has 0 radical (unpaired) electrons. The first-order valence-corrected chi connectivity index (χ1v) is 8.14. The number of fused-ring (bicyclic) bond motifs is 1. The Bertz CT molecular complexity index is 752. The number of para-hydroxylation sites is 1. The Kier molecular flexibility index (Phi) is 3.36. The van der Waals surface area contributed by atoms with Crippen molar-refractivity contribution in [1.29, 1.82) is 0 Å². The van der Waals surface area contributed by atoms with Crippen molar-refractivity contribution in [2.24, 2.45) is 13.0 Å². The minimum Gasteiger partial charge on any atom is -0.493 e. The molecule has 120 valence electrons. The molecule has 4 rings (SSSR count). The molecule has 2 heterocycles. The molecule has 0 unspecified atom stereocenters. The maximum absolute atomic E-state index is 12.6. The zero-order valence-electron chi connectivity index (χ0n) is 13.5. The summed E-state index contributed by atoms with van der Waals surface area (Å²) in [5.41, 5.74) is 3.39. The zero-order valence-corrected chi connectivity index (χ0v) is 13.5. The lowest BCUT2D eigenvalue weighted by molar-refractivity contribution is -0.123. The van der Waals surface area contributed by atoms with Gasteiger partial charge in [0.1, 0.15) is 5.75 Å². The van der Waals surface area contributed by atoms with Crippen LogP contribution in [0, 0.1) is 12.8 Å². The van der Waals surface area contributed by atoms with Crippen LogP contribution in [0.3, 0.4) is 0 Å². The van der Waals surface area contributed by atoms with E-state index in [1.54, 1.807) is 4.68 Å². The van der Waals surface area contributed by atoms with E-state index in [0.717, 1.165) is 35.3 Å². The minimum absolute atomic E-state index is 0.0568. The molecular formula is C18H21N3O2. The van der Waals surface area contributed by atoms with Crippen LogP contribution in [-0.4, -0.2) is 22.3 Å². The summed E-state index contributed by atoms with van der Waals surface area (Å²) in [6.45, 7) is 2.70. The number of aromatic nitrogens is 2. The molecule has 1 aliphatic carbocycles. The van der Waals surface area contributed by atoms with Crippen LogP contribution >= 0.6 is 0 Å². The number of nitrogens with zero attached hydrogens (tertiary/aromatic N) is 2. The number of carbonyl (C=O) groups excluding carboxylic acids is 1. The Morgan fingerprint density at radius 1 is 1.43 bits per heavy atom. The van der Waals surface area contributed by atoms with Gasteiger partial charge < -0.3 is 10.1 Å². The van der Waals surface area contributed by atoms with Gasteiger partial charge in [0.15, 0.2) is 0 Å². The fourth-order valence-corrected chi connectivity index (χ4v) is 3.49. The molecule has 2 aliphatic rings. The number of hydrogen-bond acceptors (Lipinski definition) is 3. The molecule has 0 saturated heterocycles. The number of aryl methyl sites for hydroxylation is 2. The fourth-order valence-electron chi connectivity index (χ4n) is 3.49. The van der Waals surface area contributed by atoms with Crippen molar-refractivity contribution in [1.82, 2.24) is 15.1 Å². The molecule has 5 nitrogen and oxygen atoms in total. The second kappa shape index (κ2) is 5.41. The van der Waals surface area contributed by atoms with Crippen LogP contribution in [-0.2, 0) is 11.8 Å². The van der Waals surface area contributed by atoms with Gasteiger partial charge in [-0.2, -0.15) is 5.10 Å². The number of amides is 1. The highest BCUT2D eigenvalue weighted by atomic mass is 16.5. The summed E-state index contributed by atoms with van der Waals surface area (Å²) in [7, 11) is 1.91. The van der Waals surface area contributed by atoms with Crippen LogP contribution in [0.25, 0.3) is 0 Å². The van der Waals surface area contributed by atoms with Crippen LogP contribution in [0.1, 0.15) is 41.5 Å². The molecule has 5 heteroatoms. The fraction of sp³-hybridized carbons (Fsp3) is 0.444. The summed E-state index contributed by atoms with van der Waals surface area (Å²) in [4.78, 5) is 12.6. The van der Waals surface area contributed by atoms with E-state index >= 15 is 0 Å². The summed E-state index contributed by atoms with van der Waals surface area (Å²) in [6, 6.07) is 6.18. The van der Waals surface area contributed by atoms with Gasteiger partial charge in [-0.1, -0.05) is 18.2 Å². The zero-order chi connectivity index (χ0) is 16.0. The molecule has 1 fully saturated rings. The molecule has 1 saturated carbocycles. The van der Waals surface area contributed by atoms with Crippen molar-refractivity contribution in [3.8, 4) is 5.75 Å². The molecule has 0 bridgehead atoms. The molecule has 1 aromatic heterocycles. The maximum Gasteiger partial charge on any atom is 0.224 e. The number of benzene rings is 1. The quantitative estimate of drug-likeness (QED) is 0.947. The highest BCUT2D eigenvalue weighted by Crippen LogP contribution is 2.48. The number of carbonyl (C=O) groups is 1. The second-order valence-corrected chi connectivity index (χ2v) is 6.59. The third kappa shape index (κ3) is 2.60. The lowest BCUT2D eigenvalue weighted by Gasteiger charge is -2.28. The maximum atomic E-state index is 12.6. The van der Waals surface area contributed by atoms with E-state index in [4.69, 9.17) is 4.74 Å². The Hall–Kier alpha value is -2.30. The second-order valence-electron chi connectivity index (χ2n) is 6.59. The third-order valence-electron chi connectivity index (χ3n) is 4.87. The van der Waals surface area contributed by atoms with E-state index in [1.165, 1.54) is 0 Å².